The molecule has 0 fully saturated rings. The van der Waals surface area contributed by atoms with Crippen molar-refractivity contribution in [3.63, 3.8) is 0 Å². The number of aromatic amines is 1. The second-order valence-electron chi connectivity index (χ2n) is 3.30. The van der Waals surface area contributed by atoms with Crippen molar-refractivity contribution in [3.05, 3.63) is 11.4 Å². The first-order chi connectivity index (χ1) is 7.46. The zero-order valence-corrected chi connectivity index (χ0v) is 10.3. The van der Waals surface area contributed by atoms with Crippen LogP contribution >= 0.6 is 0 Å². The van der Waals surface area contributed by atoms with E-state index in [2.05, 4.69) is 19.6 Å². The number of nitrogens with one attached hydrogen (secondary N) is 3. The first-order valence-corrected chi connectivity index (χ1v) is 6.22. The fraction of sp³-hybridized carbons (Fsp3) is 0.625. The molecule has 0 saturated carbocycles. The van der Waals surface area contributed by atoms with Gasteiger partial charge in [0, 0.05) is 13.7 Å². The largest absolute Gasteiger partial charge is 0.383 e. The summed E-state index contributed by atoms with van der Waals surface area (Å²) in [6.45, 7) is 4.01. The molecule has 0 radical (unpaired) electrons. The van der Waals surface area contributed by atoms with Crippen LogP contribution in [0.5, 0.6) is 0 Å². The van der Waals surface area contributed by atoms with E-state index in [1.165, 1.54) is 7.11 Å². The molecular weight excluding hydrogens is 232 g/mol. The Balaban J connectivity index is 2.66. The molecular formula is C8H16N4O3S. The van der Waals surface area contributed by atoms with Crippen LogP contribution in [-0.2, 0) is 14.9 Å². The normalized spacial score (nSPS) is 11.7. The van der Waals surface area contributed by atoms with Crippen molar-refractivity contribution < 1.29 is 13.2 Å². The lowest BCUT2D eigenvalue weighted by atomic mass is 10.3. The molecule has 1 aromatic heterocycles. The summed E-state index contributed by atoms with van der Waals surface area (Å²) in [4.78, 5) is 0. The van der Waals surface area contributed by atoms with Gasteiger partial charge in [-0.1, -0.05) is 0 Å². The number of ether oxygens (including phenoxy) is 1. The highest BCUT2D eigenvalue weighted by atomic mass is 32.2. The van der Waals surface area contributed by atoms with Crippen molar-refractivity contribution in [2.45, 2.75) is 13.8 Å². The summed E-state index contributed by atoms with van der Waals surface area (Å²) in [5, 5.41) is 6.59. The number of nitrogens with zero attached hydrogens (tertiary/aromatic N) is 1. The molecule has 92 valence electrons. The van der Waals surface area contributed by atoms with E-state index in [0.717, 1.165) is 0 Å². The maximum absolute atomic E-state index is 11.6. The van der Waals surface area contributed by atoms with Crippen molar-refractivity contribution in [1.82, 2.24) is 14.9 Å². The Kier molecular flexibility index (Phi) is 4.27. The van der Waals surface area contributed by atoms with E-state index in [0.29, 0.717) is 23.7 Å². The van der Waals surface area contributed by atoms with Gasteiger partial charge in [0.25, 0.3) is 10.2 Å². The Hall–Kier alpha value is -1.12. The first-order valence-electron chi connectivity index (χ1n) is 4.74. The summed E-state index contributed by atoms with van der Waals surface area (Å²) in [6, 6.07) is 0. The molecule has 0 amide bonds. The van der Waals surface area contributed by atoms with E-state index in [1.54, 1.807) is 13.8 Å². The van der Waals surface area contributed by atoms with Gasteiger partial charge in [-0.15, -0.1) is 0 Å². The van der Waals surface area contributed by atoms with Gasteiger partial charge in [-0.25, -0.2) is 0 Å². The number of aromatic nitrogens is 2. The summed E-state index contributed by atoms with van der Waals surface area (Å²) < 4.78 is 32.6. The topological polar surface area (TPSA) is 96.1 Å². The summed E-state index contributed by atoms with van der Waals surface area (Å²) in [5.74, 6) is 0. The first kappa shape index (κ1) is 12.9. The van der Waals surface area contributed by atoms with Gasteiger partial charge < -0.3 is 4.74 Å². The van der Waals surface area contributed by atoms with Crippen LogP contribution in [0.2, 0.25) is 0 Å². The van der Waals surface area contributed by atoms with Crippen molar-refractivity contribution >= 4 is 15.9 Å². The van der Waals surface area contributed by atoms with Gasteiger partial charge in [-0.2, -0.15) is 18.2 Å². The van der Waals surface area contributed by atoms with Crippen LogP contribution in [0.15, 0.2) is 0 Å². The molecule has 0 spiro atoms. The fourth-order valence-corrected chi connectivity index (χ4v) is 2.14. The fourth-order valence-electron chi connectivity index (χ4n) is 1.15. The van der Waals surface area contributed by atoms with Crippen LogP contribution in [0.3, 0.4) is 0 Å². The number of hydrogen-bond donors (Lipinski definition) is 3. The minimum absolute atomic E-state index is 0.224. The number of H-pyrrole nitrogens is 1. The Labute approximate surface area is 94.8 Å². The van der Waals surface area contributed by atoms with Crippen molar-refractivity contribution in [2.24, 2.45) is 0 Å². The van der Waals surface area contributed by atoms with E-state index < -0.39 is 10.2 Å². The Bertz CT molecular complexity index is 421. The number of aryl methyl sites for hydroxylation is 2. The van der Waals surface area contributed by atoms with Gasteiger partial charge in [0.05, 0.1) is 23.7 Å². The molecule has 0 saturated heterocycles. The lowest BCUT2D eigenvalue weighted by Crippen LogP contribution is -2.32. The molecule has 0 aliphatic carbocycles. The highest BCUT2D eigenvalue weighted by Crippen LogP contribution is 2.16. The van der Waals surface area contributed by atoms with Gasteiger partial charge in [-0.3, -0.25) is 9.82 Å². The SMILES string of the molecule is COCCNS(=O)(=O)Nc1c(C)n[nH]c1C. The van der Waals surface area contributed by atoms with Crippen LogP contribution < -0.4 is 9.44 Å². The lowest BCUT2D eigenvalue weighted by molar-refractivity contribution is 0.204. The number of rotatable bonds is 6. The minimum Gasteiger partial charge on any atom is -0.383 e. The molecule has 7 nitrogen and oxygen atoms in total. The second-order valence-corrected chi connectivity index (χ2v) is 4.80. The van der Waals surface area contributed by atoms with E-state index in [9.17, 15) is 8.42 Å². The number of hydrogen-bond acceptors (Lipinski definition) is 4. The van der Waals surface area contributed by atoms with Crippen molar-refractivity contribution in [1.29, 1.82) is 0 Å². The predicted octanol–water partition coefficient (Wildman–Crippen LogP) is -0.0808. The van der Waals surface area contributed by atoms with E-state index in [-0.39, 0.29) is 6.54 Å². The monoisotopic (exact) mass is 248 g/mol. The Morgan fingerprint density at radius 2 is 2.12 bits per heavy atom. The van der Waals surface area contributed by atoms with Crippen molar-refractivity contribution in [2.75, 3.05) is 25.0 Å². The molecule has 0 unspecified atom stereocenters. The third-order valence-corrected chi connectivity index (χ3v) is 3.02. The smallest absolute Gasteiger partial charge is 0.299 e. The maximum atomic E-state index is 11.6. The van der Waals surface area contributed by atoms with Gasteiger partial charge in [-0.05, 0) is 13.8 Å². The molecule has 0 aromatic carbocycles. The highest BCUT2D eigenvalue weighted by Gasteiger charge is 2.14. The molecule has 3 N–H and O–H groups in total. The molecule has 1 aromatic rings. The molecule has 16 heavy (non-hydrogen) atoms. The Morgan fingerprint density at radius 3 is 2.62 bits per heavy atom. The van der Waals surface area contributed by atoms with Crippen LogP contribution in [0.4, 0.5) is 5.69 Å². The number of anilines is 1. The minimum atomic E-state index is -3.56. The zero-order valence-electron chi connectivity index (χ0n) is 9.49. The summed E-state index contributed by atoms with van der Waals surface area (Å²) >= 11 is 0. The molecule has 0 aliphatic rings. The van der Waals surface area contributed by atoms with Crippen LogP contribution in [0.25, 0.3) is 0 Å². The Morgan fingerprint density at radius 1 is 1.44 bits per heavy atom. The van der Waals surface area contributed by atoms with Crippen LogP contribution in [-0.4, -0.2) is 38.9 Å². The molecule has 0 atom stereocenters. The van der Waals surface area contributed by atoms with E-state index >= 15 is 0 Å². The van der Waals surface area contributed by atoms with Crippen LogP contribution in [0, 0.1) is 13.8 Å². The van der Waals surface area contributed by atoms with E-state index in [4.69, 9.17) is 4.74 Å². The molecule has 1 rings (SSSR count). The zero-order chi connectivity index (χ0) is 12.2. The maximum Gasteiger partial charge on any atom is 0.299 e. The third kappa shape index (κ3) is 3.47. The molecule has 0 bridgehead atoms. The van der Waals surface area contributed by atoms with Crippen molar-refractivity contribution in [3.8, 4) is 0 Å². The lowest BCUT2D eigenvalue weighted by Gasteiger charge is -2.08. The number of methoxy groups -OCH3 is 1. The van der Waals surface area contributed by atoms with Gasteiger partial charge in [0.2, 0.25) is 0 Å². The quantitative estimate of drug-likeness (QED) is 0.613. The molecule has 1 heterocycles. The highest BCUT2D eigenvalue weighted by molar-refractivity contribution is 7.90. The predicted molar refractivity (Wildman–Crippen MR) is 60.5 cm³/mol. The summed E-state index contributed by atoms with van der Waals surface area (Å²) in [7, 11) is -2.06. The molecule has 8 heteroatoms. The molecule has 0 aliphatic heterocycles. The average Bonchev–Trinajstić information content (AvgIpc) is 2.49. The van der Waals surface area contributed by atoms with Gasteiger partial charge >= 0.3 is 0 Å². The standard InChI is InChI=1S/C8H16N4O3S/c1-6-8(7(2)11-10-6)12-16(13,14)9-4-5-15-3/h9,12H,4-5H2,1-3H3,(H,10,11). The van der Waals surface area contributed by atoms with Gasteiger partial charge in [0.15, 0.2) is 0 Å². The third-order valence-electron chi connectivity index (χ3n) is 1.96. The van der Waals surface area contributed by atoms with Crippen LogP contribution in [0.1, 0.15) is 11.4 Å². The average molecular weight is 248 g/mol. The second kappa shape index (κ2) is 5.28. The summed E-state index contributed by atoms with van der Waals surface area (Å²) in [6.07, 6.45) is 0. The van der Waals surface area contributed by atoms with E-state index in [1.807, 2.05) is 0 Å². The van der Waals surface area contributed by atoms with Gasteiger partial charge in [0.1, 0.15) is 0 Å². The summed E-state index contributed by atoms with van der Waals surface area (Å²) in [5.41, 5.74) is 1.76.